The van der Waals surface area contributed by atoms with Crippen molar-refractivity contribution in [3.8, 4) is 0 Å². The number of aliphatic hydroxyl groups is 1. The fraction of sp³-hybridized carbons (Fsp3) is 0.200. The van der Waals surface area contributed by atoms with Crippen LogP contribution in [0.2, 0.25) is 0 Å². The molecule has 0 aromatic heterocycles. The van der Waals surface area contributed by atoms with Gasteiger partial charge in [-0.15, -0.1) is 0 Å². The van der Waals surface area contributed by atoms with E-state index in [9.17, 15) is 14.7 Å². The first-order valence-corrected chi connectivity index (χ1v) is 8.92. The van der Waals surface area contributed by atoms with E-state index in [-0.39, 0.29) is 17.9 Å². The number of aliphatic hydroxyl groups excluding tert-OH is 1. The Labute approximate surface area is 160 Å². The van der Waals surface area contributed by atoms with E-state index in [2.05, 4.69) is 15.9 Å². The third-order valence-electron chi connectivity index (χ3n) is 4.31. The fourth-order valence-electron chi connectivity index (χ4n) is 3.04. The van der Waals surface area contributed by atoms with Crippen LogP contribution in [0.15, 0.2) is 64.6 Å². The van der Waals surface area contributed by atoms with Crippen molar-refractivity contribution < 1.29 is 19.4 Å². The van der Waals surface area contributed by atoms with Crippen molar-refractivity contribution in [1.29, 1.82) is 0 Å². The zero-order valence-corrected chi connectivity index (χ0v) is 15.8. The van der Waals surface area contributed by atoms with Gasteiger partial charge in [0.25, 0.3) is 11.7 Å². The summed E-state index contributed by atoms with van der Waals surface area (Å²) in [4.78, 5) is 26.7. The van der Waals surface area contributed by atoms with E-state index in [0.29, 0.717) is 12.2 Å². The summed E-state index contributed by atoms with van der Waals surface area (Å²) in [6.45, 7) is 0.554. The van der Waals surface area contributed by atoms with Gasteiger partial charge in [0.15, 0.2) is 0 Å². The standard InChI is InChI=1S/C20H18BrNO4/c1-26-12-11-22-17(13-7-9-15(21)10-8-13)16(19(24)20(22)25)18(23)14-5-3-2-4-6-14/h2-10,17,23H,11-12H2,1H3/b18-16+. The number of benzene rings is 2. The molecule has 134 valence electrons. The zero-order valence-electron chi connectivity index (χ0n) is 14.2. The van der Waals surface area contributed by atoms with Crippen molar-refractivity contribution >= 4 is 33.4 Å². The Morgan fingerprint density at radius 3 is 2.38 bits per heavy atom. The normalized spacial score (nSPS) is 19.2. The summed E-state index contributed by atoms with van der Waals surface area (Å²) in [5.74, 6) is -1.49. The van der Waals surface area contributed by atoms with Gasteiger partial charge in [-0.3, -0.25) is 9.59 Å². The summed E-state index contributed by atoms with van der Waals surface area (Å²) in [7, 11) is 1.54. The topological polar surface area (TPSA) is 66.8 Å². The highest BCUT2D eigenvalue weighted by molar-refractivity contribution is 9.10. The van der Waals surface area contributed by atoms with Gasteiger partial charge in [-0.05, 0) is 17.7 Å². The molecule has 2 aromatic rings. The third-order valence-corrected chi connectivity index (χ3v) is 4.84. The lowest BCUT2D eigenvalue weighted by molar-refractivity contribution is -0.140. The SMILES string of the molecule is COCCN1C(=O)C(=O)/C(=C(/O)c2ccccc2)C1c1ccc(Br)cc1. The van der Waals surface area contributed by atoms with Gasteiger partial charge in [-0.1, -0.05) is 58.4 Å². The Hall–Kier alpha value is -2.44. The first-order chi connectivity index (χ1) is 12.5. The van der Waals surface area contributed by atoms with Gasteiger partial charge >= 0.3 is 0 Å². The number of carbonyl (C=O) groups is 2. The van der Waals surface area contributed by atoms with Gasteiger partial charge < -0.3 is 14.7 Å². The van der Waals surface area contributed by atoms with Gasteiger partial charge in [0.1, 0.15) is 5.76 Å². The Morgan fingerprint density at radius 1 is 1.12 bits per heavy atom. The van der Waals surface area contributed by atoms with Crippen LogP contribution >= 0.6 is 15.9 Å². The fourth-order valence-corrected chi connectivity index (χ4v) is 3.31. The lowest BCUT2D eigenvalue weighted by atomic mass is 9.95. The minimum absolute atomic E-state index is 0.0969. The molecule has 1 amide bonds. The second kappa shape index (κ2) is 7.85. The summed E-state index contributed by atoms with van der Waals surface area (Å²) < 4.78 is 5.97. The number of hydrogen-bond donors (Lipinski definition) is 1. The Morgan fingerprint density at radius 2 is 1.77 bits per heavy atom. The molecule has 1 heterocycles. The van der Waals surface area contributed by atoms with E-state index in [1.807, 2.05) is 30.3 Å². The second-order valence-corrected chi connectivity index (χ2v) is 6.82. The van der Waals surface area contributed by atoms with Crippen molar-refractivity contribution in [1.82, 2.24) is 4.90 Å². The predicted octanol–water partition coefficient (Wildman–Crippen LogP) is 3.52. The van der Waals surface area contributed by atoms with Gasteiger partial charge in [0, 0.05) is 23.7 Å². The average molecular weight is 416 g/mol. The molecule has 1 aliphatic heterocycles. The van der Waals surface area contributed by atoms with Crippen LogP contribution < -0.4 is 0 Å². The number of likely N-dealkylation sites (tertiary alicyclic amines) is 1. The average Bonchev–Trinajstić information content (AvgIpc) is 2.91. The number of amides is 1. The van der Waals surface area contributed by atoms with E-state index in [1.54, 1.807) is 24.3 Å². The van der Waals surface area contributed by atoms with Crippen LogP contribution in [-0.4, -0.2) is 42.0 Å². The van der Waals surface area contributed by atoms with Crippen LogP contribution in [0.5, 0.6) is 0 Å². The quantitative estimate of drug-likeness (QED) is 0.460. The Kier molecular flexibility index (Phi) is 5.54. The molecule has 0 radical (unpaired) electrons. The van der Waals surface area contributed by atoms with Crippen molar-refractivity contribution in [2.45, 2.75) is 6.04 Å². The zero-order chi connectivity index (χ0) is 18.7. The number of nitrogens with zero attached hydrogens (tertiary/aromatic N) is 1. The number of ketones is 1. The van der Waals surface area contributed by atoms with Crippen LogP contribution in [0.4, 0.5) is 0 Å². The monoisotopic (exact) mass is 415 g/mol. The van der Waals surface area contributed by atoms with Crippen LogP contribution in [-0.2, 0) is 14.3 Å². The van der Waals surface area contributed by atoms with Gasteiger partial charge in [-0.2, -0.15) is 0 Å². The molecule has 2 aromatic carbocycles. The number of rotatable bonds is 5. The maximum absolute atomic E-state index is 12.7. The number of halogens is 1. The number of Topliss-reactive ketones (excluding diaryl/α,β-unsaturated/α-hetero) is 1. The van der Waals surface area contributed by atoms with E-state index in [1.165, 1.54) is 12.0 Å². The third kappa shape index (κ3) is 3.43. The number of hydrogen-bond acceptors (Lipinski definition) is 4. The maximum atomic E-state index is 12.7. The highest BCUT2D eigenvalue weighted by Gasteiger charge is 2.45. The highest BCUT2D eigenvalue weighted by Crippen LogP contribution is 2.39. The molecule has 26 heavy (non-hydrogen) atoms. The first-order valence-electron chi connectivity index (χ1n) is 8.13. The van der Waals surface area contributed by atoms with E-state index < -0.39 is 17.7 Å². The molecule has 1 N–H and O–H groups in total. The van der Waals surface area contributed by atoms with Crippen molar-refractivity contribution in [2.24, 2.45) is 0 Å². The minimum Gasteiger partial charge on any atom is -0.507 e. The lowest BCUT2D eigenvalue weighted by Gasteiger charge is -2.25. The molecule has 5 nitrogen and oxygen atoms in total. The molecule has 3 rings (SSSR count). The summed E-state index contributed by atoms with van der Waals surface area (Å²) >= 11 is 3.39. The lowest BCUT2D eigenvalue weighted by Crippen LogP contribution is -2.32. The van der Waals surface area contributed by atoms with Crippen molar-refractivity contribution in [3.63, 3.8) is 0 Å². The minimum atomic E-state index is -0.685. The molecule has 1 atom stereocenters. The molecule has 0 aliphatic carbocycles. The van der Waals surface area contributed by atoms with Gasteiger partial charge in [-0.25, -0.2) is 0 Å². The van der Waals surface area contributed by atoms with E-state index in [0.717, 1.165) is 10.0 Å². The molecule has 1 saturated heterocycles. The Balaban J connectivity index is 2.15. The van der Waals surface area contributed by atoms with Crippen LogP contribution in [0.1, 0.15) is 17.2 Å². The Bertz CT molecular complexity index is 846. The molecule has 0 spiro atoms. The summed E-state index contributed by atoms with van der Waals surface area (Å²) in [6, 6.07) is 15.5. The van der Waals surface area contributed by atoms with Crippen LogP contribution in [0.3, 0.4) is 0 Å². The van der Waals surface area contributed by atoms with Gasteiger partial charge in [0.05, 0.1) is 18.2 Å². The van der Waals surface area contributed by atoms with Crippen molar-refractivity contribution in [3.05, 3.63) is 75.8 Å². The first kappa shape index (κ1) is 18.4. The second-order valence-electron chi connectivity index (χ2n) is 5.90. The number of methoxy groups -OCH3 is 1. The highest BCUT2D eigenvalue weighted by atomic mass is 79.9. The maximum Gasteiger partial charge on any atom is 0.295 e. The number of ether oxygens (including phenoxy) is 1. The van der Waals surface area contributed by atoms with Crippen LogP contribution in [0, 0.1) is 0 Å². The largest absolute Gasteiger partial charge is 0.507 e. The van der Waals surface area contributed by atoms with Gasteiger partial charge in [0.2, 0.25) is 0 Å². The molecular formula is C20H18BrNO4. The number of carbonyl (C=O) groups excluding carboxylic acids is 2. The van der Waals surface area contributed by atoms with E-state index >= 15 is 0 Å². The molecule has 0 bridgehead atoms. The van der Waals surface area contributed by atoms with Crippen LogP contribution in [0.25, 0.3) is 5.76 Å². The van der Waals surface area contributed by atoms with Crippen molar-refractivity contribution in [2.75, 3.05) is 20.3 Å². The molecule has 0 saturated carbocycles. The smallest absolute Gasteiger partial charge is 0.295 e. The molecule has 1 fully saturated rings. The molecular weight excluding hydrogens is 398 g/mol. The molecule has 1 aliphatic rings. The summed E-state index contributed by atoms with van der Waals surface area (Å²) in [6.07, 6.45) is 0. The van der Waals surface area contributed by atoms with E-state index in [4.69, 9.17) is 4.74 Å². The predicted molar refractivity (Wildman–Crippen MR) is 101 cm³/mol. The molecule has 6 heteroatoms. The summed E-state index contributed by atoms with van der Waals surface area (Å²) in [5.41, 5.74) is 1.35. The summed E-state index contributed by atoms with van der Waals surface area (Å²) in [5, 5.41) is 10.8. The molecule has 1 unspecified atom stereocenters.